The molecule has 1 saturated carbocycles. The maximum absolute atomic E-state index is 12.6. The molecule has 0 radical (unpaired) electrons. The summed E-state index contributed by atoms with van der Waals surface area (Å²) in [6.07, 6.45) is 5.29. The van der Waals surface area contributed by atoms with E-state index in [9.17, 15) is 9.90 Å². The molecule has 1 amide bonds. The Morgan fingerprint density at radius 2 is 1.88 bits per heavy atom. The Balaban J connectivity index is 1.39. The first-order valence-electron chi connectivity index (χ1n) is 9.63. The van der Waals surface area contributed by atoms with Crippen molar-refractivity contribution in [3.63, 3.8) is 0 Å². The van der Waals surface area contributed by atoms with Gasteiger partial charge in [0.05, 0.1) is 25.3 Å². The van der Waals surface area contributed by atoms with Crippen molar-refractivity contribution >= 4 is 6.09 Å². The Bertz CT molecular complexity index is 616. The molecule has 2 heterocycles. The van der Waals surface area contributed by atoms with Crippen LogP contribution in [0.25, 0.3) is 0 Å². The molecule has 3 aliphatic rings. The number of likely N-dealkylation sites (tertiary alicyclic amines) is 1. The second kappa shape index (κ2) is 7.55. The van der Waals surface area contributed by atoms with E-state index in [2.05, 4.69) is 0 Å². The van der Waals surface area contributed by atoms with E-state index in [1.807, 2.05) is 30.3 Å². The van der Waals surface area contributed by atoms with Gasteiger partial charge >= 0.3 is 6.09 Å². The van der Waals surface area contributed by atoms with E-state index in [-0.39, 0.29) is 31.5 Å². The van der Waals surface area contributed by atoms with Crippen molar-refractivity contribution in [1.82, 2.24) is 4.90 Å². The SMILES string of the molecule is O=C(OCc1ccccc1)N1C[C@@H]2OC3(CCCCC3)O[C@@H]2C[C@H]1CO. The lowest BCUT2D eigenvalue weighted by molar-refractivity contribution is -0.193. The fraction of sp³-hybridized carbons (Fsp3) is 0.650. The van der Waals surface area contributed by atoms with Crippen LogP contribution in [0.3, 0.4) is 0 Å². The molecule has 1 aromatic carbocycles. The molecule has 3 atom stereocenters. The van der Waals surface area contributed by atoms with Crippen LogP contribution in [-0.2, 0) is 20.8 Å². The standard InChI is InChI=1S/C20H27NO5/c22-13-16-11-17-18(26-20(25-17)9-5-2-6-10-20)12-21(16)19(23)24-14-15-7-3-1-4-8-15/h1,3-4,7-8,16-18,22H,2,5-6,9-14H2/t16-,17+,18-/m0/s1. The highest BCUT2D eigenvalue weighted by Gasteiger charge is 2.52. The number of ether oxygens (including phenoxy) is 3. The zero-order chi connectivity index (χ0) is 18.0. The molecule has 142 valence electrons. The van der Waals surface area contributed by atoms with Crippen molar-refractivity contribution in [1.29, 1.82) is 0 Å². The monoisotopic (exact) mass is 361 g/mol. The summed E-state index contributed by atoms with van der Waals surface area (Å²) in [5.41, 5.74) is 0.942. The predicted molar refractivity (Wildman–Crippen MR) is 94.4 cm³/mol. The molecule has 4 rings (SSSR count). The second-order valence-electron chi connectivity index (χ2n) is 7.55. The maximum atomic E-state index is 12.6. The number of piperidine rings is 1. The average Bonchev–Trinajstić information content (AvgIpc) is 3.02. The van der Waals surface area contributed by atoms with Gasteiger partial charge in [-0.05, 0) is 24.8 Å². The highest BCUT2D eigenvalue weighted by atomic mass is 16.8. The van der Waals surface area contributed by atoms with Gasteiger partial charge in [0.2, 0.25) is 0 Å². The smallest absolute Gasteiger partial charge is 0.410 e. The van der Waals surface area contributed by atoms with Gasteiger partial charge in [-0.2, -0.15) is 0 Å². The first-order valence-corrected chi connectivity index (χ1v) is 9.63. The lowest BCUT2D eigenvalue weighted by atomic mass is 9.94. The maximum Gasteiger partial charge on any atom is 0.410 e. The van der Waals surface area contributed by atoms with Crippen molar-refractivity contribution in [2.24, 2.45) is 0 Å². The van der Waals surface area contributed by atoms with E-state index >= 15 is 0 Å². The van der Waals surface area contributed by atoms with Crippen LogP contribution in [0.5, 0.6) is 0 Å². The van der Waals surface area contributed by atoms with Gasteiger partial charge in [-0.25, -0.2) is 4.79 Å². The molecule has 1 spiro atoms. The number of aliphatic hydroxyl groups is 1. The van der Waals surface area contributed by atoms with Gasteiger partial charge in [0.15, 0.2) is 5.79 Å². The molecule has 2 aliphatic heterocycles. The first kappa shape index (κ1) is 17.8. The number of nitrogens with zero attached hydrogens (tertiary/aromatic N) is 1. The molecule has 1 N–H and O–H groups in total. The molecule has 2 saturated heterocycles. The zero-order valence-corrected chi connectivity index (χ0v) is 15.0. The normalized spacial score (nSPS) is 30.2. The number of rotatable bonds is 3. The summed E-state index contributed by atoms with van der Waals surface area (Å²) in [5.74, 6) is -0.475. The van der Waals surface area contributed by atoms with Gasteiger partial charge < -0.3 is 24.2 Å². The van der Waals surface area contributed by atoms with Crippen LogP contribution >= 0.6 is 0 Å². The van der Waals surface area contributed by atoms with Crippen LogP contribution in [0.4, 0.5) is 4.79 Å². The van der Waals surface area contributed by atoms with Gasteiger partial charge in [0.1, 0.15) is 12.7 Å². The summed E-state index contributed by atoms with van der Waals surface area (Å²) in [6, 6.07) is 9.31. The number of amides is 1. The Kier molecular flexibility index (Phi) is 5.16. The summed E-state index contributed by atoms with van der Waals surface area (Å²) < 4.78 is 18.0. The van der Waals surface area contributed by atoms with Crippen molar-refractivity contribution in [3.05, 3.63) is 35.9 Å². The number of aliphatic hydroxyl groups excluding tert-OH is 1. The van der Waals surface area contributed by atoms with Gasteiger partial charge in [-0.1, -0.05) is 36.8 Å². The number of fused-ring (bicyclic) bond motifs is 1. The van der Waals surface area contributed by atoms with Crippen LogP contribution in [-0.4, -0.2) is 53.3 Å². The number of benzene rings is 1. The fourth-order valence-electron chi connectivity index (χ4n) is 4.35. The van der Waals surface area contributed by atoms with E-state index in [4.69, 9.17) is 14.2 Å². The minimum Gasteiger partial charge on any atom is -0.445 e. The zero-order valence-electron chi connectivity index (χ0n) is 15.0. The topological polar surface area (TPSA) is 68.2 Å². The summed E-state index contributed by atoms with van der Waals surface area (Å²) in [7, 11) is 0. The second-order valence-corrected chi connectivity index (χ2v) is 7.55. The van der Waals surface area contributed by atoms with E-state index in [1.165, 1.54) is 6.42 Å². The van der Waals surface area contributed by atoms with Gasteiger partial charge in [0, 0.05) is 12.8 Å². The Hall–Kier alpha value is -1.63. The van der Waals surface area contributed by atoms with E-state index in [0.29, 0.717) is 13.0 Å². The van der Waals surface area contributed by atoms with E-state index in [1.54, 1.807) is 4.90 Å². The molecule has 0 bridgehead atoms. The van der Waals surface area contributed by atoms with Crippen molar-refractivity contribution < 1.29 is 24.1 Å². The third-order valence-corrected chi connectivity index (χ3v) is 5.73. The molecule has 6 heteroatoms. The number of hydrogen-bond acceptors (Lipinski definition) is 5. The predicted octanol–water partition coefficient (Wildman–Crippen LogP) is 2.83. The summed E-state index contributed by atoms with van der Waals surface area (Å²) in [5, 5.41) is 9.77. The minimum absolute atomic E-state index is 0.0524. The molecule has 1 aromatic rings. The largest absolute Gasteiger partial charge is 0.445 e. The van der Waals surface area contributed by atoms with Gasteiger partial charge in [-0.3, -0.25) is 0 Å². The summed E-state index contributed by atoms with van der Waals surface area (Å²) in [4.78, 5) is 14.2. The Labute approximate surface area is 154 Å². The summed E-state index contributed by atoms with van der Waals surface area (Å²) in [6.45, 7) is 0.537. The van der Waals surface area contributed by atoms with Crippen LogP contribution < -0.4 is 0 Å². The molecular formula is C20H27NO5. The van der Waals surface area contributed by atoms with E-state index in [0.717, 1.165) is 31.2 Å². The number of hydrogen-bond donors (Lipinski definition) is 1. The number of carbonyl (C=O) groups excluding carboxylic acids is 1. The van der Waals surface area contributed by atoms with Crippen molar-refractivity contribution in [2.45, 2.75) is 69.2 Å². The van der Waals surface area contributed by atoms with Gasteiger partial charge in [0.25, 0.3) is 0 Å². The van der Waals surface area contributed by atoms with Crippen molar-refractivity contribution in [3.8, 4) is 0 Å². The number of carbonyl (C=O) groups is 1. The van der Waals surface area contributed by atoms with Crippen LogP contribution in [0.1, 0.15) is 44.1 Å². The minimum atomic E-state index is -0.475. The molecule has 0 aromatic heterocycles. The lowest BCUT2D eigenvalue weighted by Gasteiger charge is -2.38. The van der Waals surface area contributed by atoms with Crippen molar-refractivity contribution in [2.75, 3.05) is 13.2 Å². The molecule has 26 heavy (non-hydrogen) atoms. The molecule has 6 nitrogen and oxygen atoms in total. The molecule has 0 unspecified atom stereocenters. The van der Waals surface area contributed by atoms with Crippen LogP contribution in [0, 0.1) is 0 Å². The third-order valence-electron chi connectivity index (χ3n) is 5.73. The molecule has 1 aliphatic carbocycles. The van der Waals surface area contributed by atoms with Gasteiger partial charge in [-0.15, -0.1) is 0 Å². The third kappa shape index (κ3) is 3.59. The average molecular weight is 361 g/mol. The summed E-state index contributed by atoms with van der Waals surface area (Å²) >= 11 is 0. The fourth-order valence-corrected chi connectivity index (χ4v) is 4.35. The van der Waals surface area contributed by atoms with Crippen LogP contribution in [0.15, 0.2) is 30.3 Å². The molecular weight excluding hydrogens is 334 g/mol. The highest BCUT2D eigenvalue weighted by Crippen LogP contribution is 2.43. The van der Waals surface area contributed by atoms with Crippen LogP contribution in [0.2, 0.25) is 0 Å². The highest BCUT2D eigenvalue weighted by molar-refractivity contribution is 5.68. The van der Waals surface area contributed by atoms with E-state index < -0.39 is 11.9 Å². The quantitative estimate of drug-likeness (QED) is 0.897. The first-order chi connectivity index (χ1) is 12.7. The Morgan fingerprint density at radius 3 is 2.62 bits per heavy atom. The Morgan fingerprint density at radius 1 is 1.15 bits per heavy atom. The molecule has 3 fully saturated rings. The lowest BCUT2D eigenvalue weighted by Crippen LogP contribution is -2.54.